The number of ether oxygens (including phenoxy) is 3. The zero-order chi connectivity index (χ0) is 25.0. The van der Waals surface area contributed by atoms with Crippen molar-refractivity contribution in [3.63, 3.8) is 0 Å². The van der Waals surface area contributed by atoms with Crippen LogP contribution in [0.1, 0.15) is 26.5 Å². The van der Waals surface area contributed by atoms with Gasteiger partial charge in [0.15, 0.2) is 10.8 Å². The molecule has 0 aromatic carbocycles. The quantitative estimate of drug-likeness (QED) is 0.174. The Hall–Kier alpha value is -3.33. The summed E-state index contributed by atoms with van der Waals surface area (Å²) in [6.07, 6.45) is 0.521. The second-order valence-corrected chi connectivity index (χ2v) is 9.86. The van der Waals surface area contributed by atoms with E-state index in [4.69, 9.17) is 24.8 Å². The van der Waals surface area contributed by atoms with E-state index in [0.717, 1.165) is 11.3 Å². The molecule has 13 nitrogen and oxygen atoms in total. The Morgan fingerprint density at radius 1 is 1.32 bits per heavy atom. The molecule has 2 aliphatic rings. The van der Waals surface area contributed by atoms with Crippen molar-refractivity contribution in [1.29, 1.82) is 0 Å². The van der Waals surface area contributed by atoms with Gasteiger partial charge in [-0.25, -0.2) is 14.6 Å². The number of thioether (sulfide) groups is 1. The first-order chi connectivity index (χ1) is 16.0. The molecule has 2 atom stereocenters. The summed E-state index contributed by atoms with van der Waals surface area (Å²) in [5.41, 5.74) is 4.90. The van der Waals surface area contributed by atoms with Gasteiger partial charge in [0.05, 0.1) is 0 Å². The normalized spacial score (nSPS) is 19.9. The van der Waals surface area contributed by atoms with Crippen molar-refractivity contribution in [2.24, 2.45) is 5.16 Å². The van der Waals surface area contributed by atoms with Crippen LogP contribution in [-0.4, -0.2) is 76.2 Å². The molecule has 3 N–H and O–H groups in total. The molecule has 1 aromatic heterocycles. The molecule has 15 heteroatoms. The van der Waals surface area contributed by atoms with Gasteiger partial charge in [-0.3, -0.25) is 14.5 Å². The van der Waals surface area contributed by atoms with Gasteiger partial charge in [0.25, 0.3) is 11.8 Å². The van der Waals surface area contributed by atoms with Crippen LogP contribution in [0.25, 0.3) is 0 Å². The zero-order valence-electron chi connectivity index (χ0n) is 18.7. The zero-order valence-corrected chi connectivity index (χ0v) is 20.4. The van der Waals surface area contributed by atoms with Crippen LogP contribution < -0.4 is 11.1 Å². The minimum atomic E-state index is -0.996. The minimum Gasteiger partial charge on any atom is -0.428 e. The number of esters is 1. The van der Waals surface area contributed by atoms with Crippen molar-refractivity contribution in [3.8, 4) is 0 Å². The highest BCUT2D eigenvalue weighted by atomic mass is 32.2. The van der Waals surface area contributed by atoms with E-state index >= 15 is 0 Å². The Morgan fingerprint density at radius 2 is 2.06 bits per heavy atom. The number of nitrogens with one attached hydrogen (secondary N) is 1. The highest BCUT2D eigenvalue weighted by molar-refractivity contribution is 8.00. The fraction of sp³-hybridized carbons (Fsp3) is 0.474. The summed E-state index contributed by atoms with van der Waals surface area (Å²) in [6, 6.07) is -0.912. The number of hydrogen-bond donors (Lipinski definition) is 2. The Kier molecular flexibility index (Phi) is 7.66. The smallest absolute Gasteiger partial charge is 0.428 e. The topological polar surface area (TPSA) is 172 Å². The van der Waals surface area contributed by atoms with E-state index in [-0.39, 0.29) is 22.2 Å². The number of thiazole rings is 1. The lowest BCUT2D eigenvalue weighted by atomic mass is 10.0. The number of aromatic nitrogens is 1. The number of carbonyl (C=O) groups excluding carboxylic acids is 4. The molecule has 1 fully saturated rings. The van der Waals surface area contributed by atoms with E-state index < -0.39 is 47.7 Å². The number of oxime groups is 1. The second-order valence-electron chi connectivity index (χ2n) is 7.82. The summed E-state index contributed by atoms with van der Waals surface area (Å²) in [7, 11) is 1.27. The second kappa shape index (κ2) is 10.3. The van der Waals surface area contributed by atoms with Gasteiger partial charge in [-0.2, -0.15) is 0 Å². The molecule has 0 saturated carbocycles. The summed E-state index contributed by atoms with van der Waals surface area (Å²) in [4.78, 5) is 59.4. The van der Waals surface area contributed by atoms with Crippen LogP contribution in [0.5, 0.6) is 0 Å². The van der Waals surface area contributed by atoms with Crippen LogP contribution in [0.4, 0.5) is 9.93 Å². The largest absolute Gasteiger partial charge is 0.511 e. The van der Waals surface area contributed by atoms with Crippen LogP contribution in [0.3, 0.4) is 0 Å². The number of rotatable bonds is 7. The first-order valence-corrected chi connectivity index (χ1v) is 11.8. The molecule has 34 heavy (non-hydrogen) atoms. The van der Waals surface area contributed by atoms with Crippen LogP contribution in [-0.2, 0) is 33.4 Å². The monoisotopic (exact) mass is 513 g/mol. The van der Waals surface area contributed by atoms with Gasteiger partial charge in [-0.1, -0.05) is 5.16 Å². The number of amides is 2. The van der Waals surface area contributed by atoms with Crippen LogP contribution >= 0.6 is 23.1 Å². The van der Waals surface area contributed by atoms with E-state index in [0.29, 0.717) is 5.75 Å². The molecule has 3 heterocycles. The maximum Gasteiger partial charge on any atom is 0.511 e. The molecule has 1 aromatic rings. The lowest BCUT2D eigenvalue weighted by molar-refractivity contribution is -0.158. The Balaban J connectivity index is 1.58. The number of fused-ring (bicyclic) bond motifs is 1. The molecule has 2 aliphatic heterocycles. The molecule has 1 saturated heterocycles. The van der Waals surface area contributed by atoms with Gasteiger partial charge in [-0.05, 0) is 26.8 Å². The Morgan fingerprint density at radius 3 is 2.68 bits per heavy atom. The summed E-state index contributed by atoms with van der Waals surface area (Å²) in [5, 5.41) is 7.51. The van der Waals surface area contributed by atoms with E-state index in [2.05, 4.69) is 15.5 Å². The van der Waals surface area contributed by atoms with E-state index in [9.17, 15) is 19.2 Å². The summed E-state index contributed by atoms with van der Waals surface area (Å²) >= 11 is 2.46. The number of carbonyl (C=O) groups is 4. The molecule has 0 spiro atoms. The lowest BCUT2D eigenvalue weighted by Gasteiger charge is -2.48. The maximum atomic E-state index is 12.7. The summed E-state index contributed by atoms with van der Waals surface area (Å²) in [5.74, 6) is -1.67. The molecule has 0 radical (unpaired) electrons. The molecule has 0 aliphatic carbocycles. The summed E-state index contributed by atoms with van der Waals surface area (Å²) < 4.78 is 14.6. The molecule has 3 rings (SSSR count). The van der Waals surface area contributed by atoms with Crippen LogP contribution in [0.15, 0.2) is 22.3 Å². The van der Waals surface area contributed by atoms with Crippen LogP contribution in [0, 0.1) is 0 Å². The minimum absolute atomic E-state index is 0.00917. The highest BCUT2D eigenvalue weighted by Gasteiger charge is 2.53. The first-order valence-electron chi connectivity index (χ1n) is 9.83. The number of anilines is 1. The third kappa shape index (κ3) is 5.77. The highest BCUT2D eigenvalue weighted by Crippen LogP contribution is 2.37. The molecule has 0 bridgehead atoms. The third-order valence-electron chi connectivity index (χ3n) is 4.26. The average molecular weight is 514 g/mol. The van der Waals surface area contributed by atoms with Crippen molar-refractivity contribution >= 4 is 57.9 Å². The Labute approximate surface area is 202 Å². The number of nitrogens with two attached hydrogens (primary N) is 1. The standard InChI is InChI=1S/C19H23N5O8S2/c1-19(2,3)32-18(28)31-8-30-16(27)10-5-6-33-15-12(14(26)24(10)15)22-13(25)11(23-29-4)9-7-34-17(20)21-9/h5,7,12,15H,6,8H2,1-4H3,(H2,20,21)(H,22,25)/b23-11+. The molecule has 184 valence electrons. The van der Waals surface area contributed by atoms with Crippen LogP contribution in [0.2, 0.25) is 0 Å². The fourth-order valence-corrected chi connectivity index (χ4v) is 4.66. The van der Waals surface area contributed by atoms with Gasteiger partial charge in [0, 0.05) is 11.1 Å². The van der Waals surface area contributed by atoms with Gasteiger partial charge < -0.3 is 30.1 Å². The first kappa shape index (κ1) is 25.3. The van der Waals surface area contributed by atoms with E-state index in [1.54, 1.807) is 20.8 Å². The lowest BCUT2D eigenvalue weighted by Crippen LogP contribution is -2.70. The van der Waals surface area contributed by atoms with Crippen molar-refractivity contribution in [2.75, 3.05) is 25.4 Å². The molecule has 2 unspecified atom stereocenters. The molecule has 2 amide bonds. The van der Waals surface area contributed by atoms with Gasteiger partial charge in [-0.15, -0.1) is 23.1 Å². The Bertz CT molecular complexity index is 1050. The van der Waals surface area contributed by atoms with Gasteiger partial charge in [0.1, 0.15) is 35.5 Å². The van der Waals surface area contributed by atoms with Crippen molar-refractivity contribution < 1.29 is 38.2 Å². The maximum absolute atomic E-state index is 12.7. The summed E-state index contributed by atoms with van der Waals surface area (Å²) in [6.45, 7) is 4.29. The molecular weight excluding hydrogens is 490 g/mol. The SMILES string of the molecule is CO/N=C(/C(=O)NC1C(=O)N2C(C(=O)OCOC(=O)OC(C)(C)C)=CCSC12)c1csc(N)n1. The predicted octanol–water partition coefficient (Wildman–Crippen LogP) is 0.812. The van der Waals surface area contributed by atoms with E-state index in [1.807, 2.05) is 0 Å². The number of nitrogen functional groups attached to an aromatic ring is 1. The predicted molar refractivity (Wildman–Crippen MR) is 121 cm³/mol. The molecular formula is C19H23N5O8S2. The fourth-order valence-electron chi connectivity index (χ4n) is 2.92. The van der Waals surface area contributed by atoms with Crippen molar-refractivity contribution in [2.45, 2.75) is 37.8 Å². The number of β-lactam (4-membered cyclic amide) rings is 1. The van der Waals surface area contributed by atoms with Gasteiger partial charge in [0.2, 0.25) is 6.79 Å². The average Bonchev–Trinajstić information content (AvgIpc) is 3.19. The van der Waals surface area contributed by atoms with Gasteiger partial charge >= 0.3 is 12.1 Å². The van der Waals surface area contributed by atoms with E-state index in [1.165, 1.54) is 35.2 Å². The number of nitrogens with zero attached hydrogens (tertiary/aromatic N) is 3. The van der Waals surface area contributed by atoms with Crippen molar-refractivity contribution in [1.82, 2.24) is 15.2 Å². The third-order valence-corrected chi connectivity index (χ3v) is 6.12. The number of hydrogen-bond acceptors (Lipinski definition) is 13. The van der Waals surface area contributed by atoms with Crippen molar-refractivity contribution in [3.05, 3.63) is 22.8 Å².